The van der Waals surface area contributed by atoms with E-state index in [-0.39, 0.29) is 17.6 Å². The van der Waals surface area contributed by atoms with Gasteiger partial charge in [-0.05, 0) is 13.0 Å². The zero-order chi connectivity index (χ0) is 13.1. The quantitative estimate of drug-likeness (QED) is 0.649. The molecule has 94 valence electrons. The van der Waals surface area contributed by atoms with Gasteiger partial charge in [0.15, 0.2) is 5.82 Å². The molecule has 0 saturated carbocycles. The van der Waals surface area contributed by atoms with Crippen molar-refractivity contribution in [1.82, 2.24) is 10.1 Å². The Balaban J connectivity index is 2.37. The van der Waals surface area contributed by atoms with Crippen molar-refractivity contribution >= 4 is 5.69 Å². The van der Waals surface area contributed by atoms with Gasteiger partial charge in [0, 0.05) is 18.5 Å². The van der Waals surface area contributed by atoms with E-state index >= 15 is 0 Å². The number of para-hydroxylation sites is 1. The molecule has 1 heterocycles. The number of hydrogen-bond donors (Lipinski definition) is 1. The molecular weight excluding hydrogens is 236 g/mol. The number of nitrogens with zero attached hydrogens (tertiary/aromatic N) is 3. The molecule has 7 nitrogen and oxygen atoms in total. The average Bonchev–Trinajstić information content (AvgIpc) is 2.76. The Labute approximate surface area is 103 Å². The first-order chi connectivity index (χ1) is 8.58. The third-order valence-electron chi connectivity index (χ3n) is 2.30. The van der Waals surface area contributed by atoms with Crippen LogP contribution >= 0.6 is 0 Å². The highest BCUT2D eigenvalue weighted by Crippen LogP contribution is 2.27. The fourth-order valence-corrected chi connectivity index (χ4v) is 1.55. The van der Waals surface area contributed by atoms with Crippen LogP contribution in [0.2, 0.25) is 0 Å². The third kappa shape index (κ3) is 2.51. The summed E-state index contributed by atoms with van der Waals surface area (Å²) in [4.78, 5) is 14.5. The summed E-state index contributed by atoms with van der Waals surface area (Å²) < 4.78 is 5.02. The second-order valence-corrected chi connectivity index (χ2v) is 3.97. The molecule has 0 bridgehead atoms. The number of benzene rings is 1. The van der Waals surface area contributed by atoms with Crippen LogP contribution in [0.15, 0.2) is 28.8 Å². The van der Waals surface area contributed by atoms with Gasteiger partial charge < -0.3 is 10.3 Å². The average molecular weight is 248 g/mol. The zero-order valence-corrected chi connectivity index (χ0v) is 9.74. The van der Waals surface area contributed by atoms with E-state index in [0.29, 0.717) is 17.8 Å². The normalized spacial score (nSPS) is 12.3. The van der Waals surface area contributed by atoms with Gasteiger partial charge in [-0.3, -0.25) is 10.1 Å². The maximum absolute atomic E-state index is 10.9. The van der Waals surface area contributed by atoms with Crippen LogP contribution in [0.25, 0.3) is 11.5 Å². The molecule has 0 aliphatic carbocycles. The molecule has 1 aromatic carbocycles. The lowest BCUT2D eigenvalue weighted by atomic mass is 10.2. The molecule has 1 unspecified atom stereocenters. The molecule has 7 heteroatoms. The smallest absolute Gasteiger partial charge is 0.282 e. The Kier molecular flexibility index (Phi) is 3.33. The largest absolute Gasteiger partial charge is 0.334 e. The van der Waals surface area contributed by atoms with Gasteiger partial charge in [0.1, 0.15) is 5.56 Å². The Morgan fingerprint density at radius 1 is 1.50 bits per heavy atom. The van der Waals surface area contributed by atoms with E-state index in [9.17, 15) is 10.1 Å². The van der Waals surface area contributed by atoms with Crippen molar-refractivity contribution in [1.29, 1.82) is 0 Å². The molecule has 0 aliphatic heterocycles. The molecule has 2 aromatic rings. The highest BCUT2D eigenvalue weighted by Gasteiger charge is 2.19. The maximum atomic E-state index is 10.9. The van der Waals surface area contributed by atoms with Crippen LogP contribution < -0.4 is 5.73 Å². The molecular formula is C11H12N4O3. The topological polar surface area (TPSA) is 108 Å². The minimum absolute atomic E-state index is 0.0616. The lowest BCUT2D eigenvalue weighted by Gasteiger charge is -1.97. The van der Waals surface area contributed by atoms with E-state index in [1.54, 1.807) is 18.2 Å². The standard InChI is InChI=1S/C11H12N4O3/c1-7(12)6-10-13-11(18-14-10)8-4-2-3-5-9(8)15(16)17/h2-5,7H,6,12H2,1H3. The third-order valence-corrected chi connectivity index (χ3v) is 2.30. The molecule has 0 spiro atoms. The Bertz CT molecular complexity index is 565. The van der Waals surface area contributed by atoms with Crippen molar-refractivity contribution in [2.24, 2.45) is 5.73 Å². The van der Waals surface area contributed by atoms with Crippen LogP contribution in [0.4, 0.5) is 5.69 Å². The number of nitro groups is 1. The summed E-state index contributed by atoms with van der Waals surface area (Å²) in [6.07, 6.45) is 0.462. The summed E-state index contributed by atoms with van der Waals surface area (Å²) in [5.74, 6) is 0.580. The molecule has 1 atom stereocenters. The Hall–Kier alpha value is -2.28. The van der Waals surface area contributed by atoms with Crippen molar-refractivity contribution < 1.29 is 9.45 Å². The van der Waals surface area contributed by atoms with Gasteiger partial charge in [-0.15, -0.1) is 0 Å². The molecule has 0 fully saturated rings. The molecule has 1 aromatic heterocycles. The zero-order valence-electron chi connectivity index (χ0n) is 9.74. The van der Waals surface area contributed by atoms with Crippen LogP contribution in [-0.2, 0) is 6.42 Å². The van der Waals surface area contributed by atoms with Crippen molar-refractivity contribution in [2.75, 3.05) is 0 Å². The van der Waals surface area contributed by atoms with Crippen LogP contribution in [0.1, 0.15) is 12.7 Å². The van der Waals surface area contributed by atoms with Gasteiger partial charge in [0.05, 0.1) is 4.92 Å². The maximum Gasteiger partial charge on any atom is 0.282 e. The molecule has 0 amide bonds. The molecule has 0 radical (unpaired) electrons. The molecule has 0 aliphatic rings. The van der Waals surface area contributed by atoms with Gasteiger partial charge in [-0.1, -0.05) is 17.3 Å². The van der Waals surface area contributed by atoms with Crippen LogP contribution in [0, 0.1) is 10.1 Å². The second-order valence-electron chi connectivity index (χ2n) is 3.97. The molecule has 2 N–H and O–H groups in total. The second kappa shape index (κ2) is 4.92. The fourth-order valence-electron chi connectivity index (χ4n) is 1.55. The van der Waals surface area contributed by atoms with Crippen molar-refractivity contribution in [3.05, 3.63) is 40.2 Å². The minimum atomic E-state index is -0.481. The fraction of sp³-hybridized carbons (Fsp3) is 0.273. The minimum Gasteiger partial charge on any atom is -0.334 e. The van der Waals surface area contributed by atoms with Gasteiger partial charge in [0.25, 0.3) is 11.6 Å². The SMILES string of the molecule is CC(N)Cc1noc(-c2ccccc2[N+](=O)[O-])n1. The summed E-state index contributed by atoms with van der Waals surface area (Å²) >= 11 is 0. The van der Waals surface area contributed by atoms with Gasteiger partial charge in [-0.2, -0.15) is 4.98 Å². The van der Waals surface area contributed by atoms with E-state index in [2.05, 4.69) is 10.1 Å². The van der Waals surface area contributed by atoms with Crippen molar-refractivity contribution in [2.45, 2.75) is 19.4 Å². The van der Waals surface area contributed by atoms with Crippen molar-refractivity contribution in [3.63, 3.8) is 0 Å². The number of aromatic nitrogens is 2. The van der Waals surface area contributed by atoms with Crippen LogP contribution in [0.5, 0.6) is 0 Å². The van der Waals surface area contributed by atoms with Gasteiger partial charge in [-0.25, -0.2) is 0 Å². The predicted octanol–water partition coefficient (Wildman–Crippen LogP) is 1.53. The van der Waals surface area contributed by atoms with Gasteiger partial charge >= 0.3 is 0 Å². The summed E-state index contributed by atoms with van der Waals surface area (Å²) in [5, 5.41) is 14.6. The van der Waals surface area contributed by atoms with Crippen molar-refractivity contribution in [3.8, 4) is 11.5 Å². The number of nitro benzene ring substituents is 1. The first kappa shape index (κ1) is 12.2. The van der Waals surface area contributed by atoms with Crippen LogP contribution in [0.3, 0.4) is 0 Å². The highest BCUT2D eigenvalue weighted by atomic mass is 16.6. The first-order valence-electron chi connectivity index (χ1n) is 5.40. The summed E-state index contributed by atoms with van der Waals surface area (Å²) in [7, 11) is 0. The lowest BCUT2D eigenvalue weighted by Crippen LogP contribution is -2.18. The van der Waals surface area contributed by atoms with E-state index in [1.807, 2.05) is 6.92 Å². The first-order valence-corrected chi connectivity index (χ1v) is 5.40. The van der Waals surface area contributed by atoms with E-state index in [0.717, 1.165) is 0 Å². The number of rotatable bonds is 4. The van der Waals surface area contributed by atoms with Gasteiger partial charge in [0.2, 0.25) is 0 Å². The summed E-state index contributed by atoms with van der Waals surface area (Å²) in [5.41, 5.74) is 5.87. The van der Waals surface area contributed by atoms with E-state index in [4.69, 9.17) is 10.3 Å². The Morgan fingerprint density at radius 3 is 2.89 bits per heavy atom. The highest BCUT2D eigenvalue weighted by molar-refractivity contribution is 5.66. The molecule has 18 heavy (non-hydrogen) atoms. The van der Waals surface area contributed by atoms with E-state index in [1.165, 1.54) is 6.07 Å². The lowest BCUT2D eigenvalue weighted by molar-refractivity contribution is -0.384. The van der Waals surface area contributed by atoms with E-state index < -0.39 is 4.92 Å². The molecule has 2 rings (SSSR count). The predicted molar refractivity (Wildman–Crippen MR) is 63.7 cm³/mol. The Morgan fingerprint density at radius 2 is 2.22 bits per heavy atom. The number of hydrogen-bond acceptors (Lipinski definition) is 6. The summed E-state index contributed by atoms with van der Waals surface area (Å²) in [6.45, 7) is 1.82. The number of nitrogens with two attached hydrogens (primary N) is 1. The molecule has 0 saturated heterocycles. The van der Waals surface area contributed by atoms with Crippen LogP contribution in [-0.4, -0.2) is 21.1 Å². The monoisotopic (exact) mass is 248 g/mol. The summed E-state index contributed by atoms with van der Waals surface area (Å²) in [6, 6.07) is 6.13.